The second kappa shape index (κ2) is 6.72. The number of rotatable bonds is 5. The lowest BCUT2D eigenvalue weighted by Crippen LogP contribution is -2.44. The monoisotopic (exact) mass is 339 g/mol. The second-order valence-corrected chi connectivity index (χ2v) is 6.58. The minimum atomic E-state index is -0.0183. The Hall–Kier alpha value is -2.60. The molecule has 6 heteroatoms. The van der Waals surface area contributed by atoms with Crippen molar-refractivity contribution in [1.29, 1.82) is 0 Å². The Morgan fingerprint density at radius 3 is 2.56 bits per heavy atom. The van der Waals surface area contributed by atoms with Gasteiger partial charge in [-0.25, -0.2) is 4.98 Å². The first-order valence-corrected chi connectivity index (χ1v) is 8.53. The average Bonchev–Trinajstić information content (AvgIpc) is 3.26. The van der Waals surface area contributed by atoms with E-state index in [1.54, 1.807) is 49.7 Å². The van der Waals surface area contributed by atoms with Crippen molar-refractivity contribution in [2.75, 3.05) is 13.7 Å². The zero-order valence-corrected chi connectivity index (χ0v) is 14.1. The van der Waals surface area contributed by atoms with E-state index in [2.05, 4.69) is 15.6 Å². The highest BCUT2D eigenvalue weighted by atomic mass is 16.5. The van der Waals surface area contributed by atoms with E-state index in [0.717, 1.165) is 13.0 Å². The summed E-state index contributed by atoms with van der Waals surface area (Å²) in [5.41, 5.74) is 0.649. The van der Waals surface area contributed by atoms with Crippen LogP contribution in [0.25, 0.3) is 0 Å². The average molecular weight is 339 g/mol. The molecule has 1 aliphatic heterocycles. The number of amides is 1. The van der Waals surface area contributed by atoms with Gasteiger partial charge in [0.25, 0.3) is 5.91 Å². The molecule has 3 atom stereocenters. The molecule has 0 radical (unpaired) electrons. The molecule has 0 spiro atoms. The number of methoxy groups -OCH3 is 1. The van der Waals surface area contributed by atoms with Crippen LogP contribution in [-0.2, 0) is 0 Å². The third-order valence-electron chi connectivity index (χ3n) is 4.95. The summed E-state index contributed by atoms with van der Waals surface area (Å²) < 4.78 is 10.7. The topological polar surface area (TPSA) is 72.5 Å². The van der Waals surface area contributed by atoms with Crippen molar-refractivity contribution < 1.29 is 14.3 Å². The van der Waals surface area contributed by atoms with Crippen molar-refractivity contribution in [3.8, 4) is 17.4 Å². The molecule has 2 fully saturated rings. The van der Waals surface area contributed by atoms with Crippen LogP contribution in [0.3, 0.4) is 0 Å². The van der Waals surface area contributed by atoms with Crippen LogP contribution >= 0.6 is 0 Å². The van der Waals surface area contributed by atoms with Gasteiger partial charge >= 0.3 is 0 Å². The number of hydrogen-bond donors (Lipinski definition) is 2. The summed E-state index contributed by atoms with van der Waals surface area (Å²) >= 11 is 0. The molecular formula is C19H21N3O3. The van der Waals surface area contributed by atoms with Gasteiger partial charge in [-0.3, -0.25) is 4.79 Å². The summed E-state index contributed by atoms with van der Waals surface area (Å²) in [5.74, 6) is 2.37. The molecule has 1 aliphatic carbocycles. The lowest BCUT2D eigenvalue weighted by molar-refractivity contribution is 0.0925. The molecule has 3 unspecified atom stereocenters. The van der Waals surface area contributed by atoms with Gasteiger partial charge in [0, 0.05) is 30.3 Å². The summed E-state index contributed by atoms with van der Waals surface area (Å²) in [7, 11) is 1.57. The molecule has 130 valence electrons. The number of carbonyl (C=O) groups excluding carboxylic acids is 1. The van der Waals surface area contributed by atoms with Crippen LogP contribution < -0.4 is 20.1 Å². The second-order valence-electron chi connectivity index (χ2n) is 6.58. The zero-order valence-electron chi connectivity index (χ0n) is 14.1. The van der Waals surface area contributed by atoms with E-state index in [-0.39, 0.29) is 5.91 Å². The predicted molar refractivity (Wildman–Crippen MR) is 93.1 cm³/mol. The van der Waals surface area contributed by atoms with Gasteiger partial charge in [0.1, 0.15) is 11.5 Å². The lowest BCUT2D eigenvalue weighted by atomic mass is 10.0. The van der Waals surface area contributed by atoms with E-state index in [0.29, 0.717) is 40.9 Å². The molecular weight excluding hydrogens is 318 g/mol. The first-order valence-electron chi connectivity index (χ1n) is 8.53. The molecule has 1 aromatic carbocycles. The van der Waals surface area contributed by atoms with Crippen molar-refractivity contribution in [2.45, 2.75) is 24.9 Å². The fourth-order valence-corrected chi connectivity index (χ4v) is 3.62. The van der Waals surface area contributed by atoms with Crippen LogP contribution in [0.1, 0.15) is 23.2 Å². The highest BCUT2D eigenvalue weighted by molar-refractivity contribution is 5.94. The largest absolute Gasteiger partial charge is 0.481 e. The van der Waals surface area contributed by atoms with Crippen molar-refractivity contribution in [1.82, 2.24) is 15.6 Å². The van der Waals surface area contributed by atoms with Crippen molar-refractivity contribution in [2.24, 2.45) is 5.92 Å². The van der Waals surface area contributed by atoms with Gasteiger partial charge in [-0.05, 0) is 49.1 Å². The third-order valence-corrected chi connectivity index (χ3v) is 4.95. The quantitative estimate of drug-likeness (QED) is 0.875. The third kappa shape index (κ3) is 3.44. The normalized spacial score (nSPS) is 24.1. The SMILES string of the molecule is COc1ccc(Oc2ccc(C(=O)NC3CC4CC3CN4)cc2)cn1. The van der Waals surface area contributed by atoms with Crippen LogP contribution in [0.5, 0.6) is 17.4 Å². The number of hydrogen-bond acceptors (Lipinski definition) is 5. The Balaban J connectivity index is 1.36. The molecule has 2 aromatic rings. The summed E-state index contributed by atoms with van der Waals surface area (Å²) in [6.45, 7) is 1.01. The Morgan fingerprint density at radius 2 is 1.96 bits per heavy atom. The molecule has 2 heterocycles. The molecule has 1 saturated heterocycles. The van der Waals surface area contributed by atoms with Crippen LogP contribution in [0.15, 0.2) is 42.6 Å². The standard InChI is InChI=1S/C19H21N3O3/c1-24-18-7-6-16(11-21-18)25-15-4-2-12(3-5-15)19(23)22-17-9-14-8-13(17)10-20-14/h2-7,11,13-14,17,20H,8-10H2,1H3,(H,22,23). The van der Waals surface area contributed by atoms with Crippen LogP contribution in [0.4, 0.5) is 0 Å². The number of pyridine rings is 1. The van der Waals surface area contributed by atoms with Gasteiger partial charge in [-0.1, -0.05) is 0 Å². The van der Waals surface area contributed by atoms with Crippen LogP contribution in [0.2, 0.25) is 0 Å². The van der Waals surface area contributed by atoms with Gasteiger partial charge in [-0.15, -0.1) is 0 Å². The number of piperidine rings is 1. The maximum atomic E-state index is 12.4. The van der Waals surface area contributed by atoms with Gasteiger partial charge in [0.05, 0.1) is 13.3 Å². The van der Waals surface area contributed by atoms with Crippen molar-refractivity contribution in [3.05, 3.63) is 48.2 Å². The van der Waals surface area contributed by atoms with Crippen LogP contribution in [0, 0.1) is 5.92 Å². The van der Waals surface area contributed by atoms with Gasteiger partial charge in [-0.2, -0.15) is 0 Å². The molecule has 4 rings (SSSR count). The molecule has 25 heavy (non-hydrogen) atoms. The first-order chi connectivity index (χ1) is 12.2. The zero-order chi connectivity index (χ0) is 17.2. The number of benzene rings is 1. The van der Waals surface area contributed by atoms with Crippen LogP contribution in [-0.4, -0.2) is 36.6 Å². The maximum absolute atomic E-state index is 12.4. The fraction of sp³-hybridized carbons (Fsp3) is 0.368. The highest BCUT2D eigenvalue weighted by Gasteiger charge is 2.40. The number of nitrogens with zero attached hydrogens (tertiary/aromatic N) is 1. The molecule has 6 nitrogen and oxygen atoms in total. The highest BCUT2D eigenvalue weighted by Crippen LogP contribution is 2.31. The smallest absolute Gasteiger partial charge is 0.251 e. The van der Waals surface area contributed by atoms with E-state index >= 15 is 0 Å². The number of nitrogens with one attached hydrogen (secondary N) is 2. The minimum absolute atomic E-state index is 0.0183. The maximum Gasteiger partial charge on any atom is 0.251 e. The number of carbonyl (C=O) groups is 1. The van der Waals surface area contributed by atoms with E-state index in [4.69, 9.17) is 9.47 Å². The van der Waals surface area contributed by atoms with E-state index in [1.807, 2.05) is 0 Å². The molecule has 1 saturated carbocycles. The Kier molecular flexibility index (Phi) is 4.28. The fourth-order valence-electron chi connectivity index (χ4n) is 3.62. The van der Waals surface area contributed by atoms with Crippen molar-refractivity contribution >= 4 is 5.91 Å². The molecule has 1 aromatic heterocycles. The molecule has 2 bridgehead atoms. The Morgan fingerprint density at radius 1 is 1.16 bits per heavy atom. The summed E-state index contributed by atoms with van der Waals surface area (Å²) in [6.07, 6.45) is 3.80. The molecule has 1 amide bonds. The van der Waals surface area contributed by atoms with E-state index < -0.39 is 0 Å². The number of fused-ring (bicyclic) bond motifs is 2. The molecule has 2 aliphatic rings. The summed E-state index contributed by atoms with van der Waals surface area (Å²) in [6, 6.07) is 11.5. The number of ether oxygens (including phenoxy) is 2. The van der Waals surface area contributed by atoms with E-state index in [1.165, 1.54) is 6.42 Å². The van der Waals surface area contributed by atoms with Gasteiger partial charge < -0.3 is 20.1 Å². The summed E-state index contributed by atoms with van der Waals surface area (Å²) in [5, 5.41) is 6.62. The Bertz CT molecular complexity index is 746. The minimum Gasteiger partial charge on any atom is -0.481 e. The Labute approximate surface area is 146 Å². The van der Waals surface area contributed by atoms with Gasteiger partial charge in [0.15, 0.2) is 0 Å². The predicted octanol–water partition coefficient (Wildman–Crippen LogP) is 2.36. The van der Waals surface area contributed by atoms with Crippen molar-refractivity contribution in [3.63, 3.8) is 0 Å². The van der Waals surface area contributed by atoms with Gasteiger partial charge in [0.2, 0.25) is 5.88 Å². The summed E-state index contributed by atoms with van der Waals surface area (Å²) in [4.78, 5) is 16.5. The first kappa shape index (κ1) is 15.9. The molecule has 2 N–H and O–H groups in total. The lowest BCUT2D eigenvalue weighted by Gasteiger charge is -2.23. The van der Waals surface area contributed by atoms with E-state index in [9.17, 15) is 4.79 Å². The number of aromatic nitrogens is 1.